The molecule has 0 atom stereocenters. The van der Waals surface area contributed by atoms with Gasteiger partial charge in [-0.05, 0) is 48.9 Å². The predicted molar refractivity (Wildman–Crippen MR) is 94.3 cm³/mol. The van der Waals surface area contributed by atoms with Crippen molar-refractivity contribution in [1.29, 1.82) is 0 Å². The molecule has 1 amide bonds. The number of amides is 1. The van der Waals surface area contributed by atoms with E-state index in [1.165, 1.54) is 32.2 Å². The van der Waals surface area contributed by atoms with Crippen LogP contribution in [-0.2, 0) is 14.8 Å². The number of rotatable bonds is 5. The zero-order valence-corrected chi connectivity index (χ0v) is 15.0. The first kappa shape index (κ1) is 18.1. The number of anilines is 2. The van der Waals surface area contributed by atoms with Gasteiger partial charge < -0.3 is 10.1 Å². The molecule has 0 aromatic heterocycles. The van der Waals surface area contributed by atoms with Crippen molar-refractivity contribution in [3.63, 3.8) is 0 Å². The van der Waals surface area contributed by atoms with E-state index in [1.807, 2.05) is 0 Å². The van der Waals surface area contributed by atoms with Crippen molar-refractivity contribution >= 4 is 38.9 Å². The Labute approximate surface area is 145 Å². The molecule has 0 aliphatic heterocycles. The number of hydrogen-bond acceptors (Lipinski definition) is 4. The molecule has 2 rings (SSSR count). The quantitative estimate of drug-likeness (QED) is 0.846. The first-order valence-electron chi connectivity index (χ1n) is 6.97. The summed E-state index contributed by atoms with van der Waals surface area (Å²) >= 11 is 6.10. The van der Waals surface area contributed by atoms with Gasteiger partial charge in [-0.1, -0.05) is 11.6 Å². The molecule has 0 saturated carbocycles. The second-order valence-corrected chi connectivity index (χ2v) is 7.17. The second kappa shape index (κ2) is 7.11. The molecule has 0 saturated heterocycles. The van der Waals surface area contributed by atoms with E-state index < -0.39 is 10.0 Å². The van der Waals surface area contributed by atoms with Crippen molar-refractivity contribution in [2.45, 2.75) is 18.7 Å². The highest BCUT2D eigenvalue weighted by Crippen LogP contribution is 2.29. The van der Waals surface area contributed by atoms with Gasteiger partial charge in [0.15, 0.2) is 0 Å². The number of carbonyl (C=O) groups is 1. The molecule has 6 nitrogen and oxygen atoms in total. The third kappa shape index (κ3) is 4.18. The molecule has 24 heavy (non-hydrogen) atoms. The van der Waals surface area contributed by atoms with Gasteiger partial charge in [-0.3, -0.25) is 9.52 Å². The summed E-state index contributed by atoms with van der Waals surface area (Å²) in [5.41, 5.74) is 1.25. The van der Waals surface area contributed by atoms with Gasteiger partial charge in [0.1, 0.15) is 5.75 Å². The molecular weight excluding hydrogens is 352 g/mol. The van der Waals surface area contributed by atoms with E-state index in [4.69, 9.17) is 16.3 Å². The van der Waals surface area contributed by atoms with E-state index >= 15 is 0 Å². The Morgan fingerprint density at radius 2 is 1.88 bits per heavy atom. The number of benzene rings is 2. The highest BCUT2D eigenvalue weighted by atomic mass is 35.5. The fourth-order valence-electron chi connectivity index (χ4n) is 2.13. The number of methoxy groups -OCH3 is 1. The molecule has 0 fully saturated rings. The summed E-state index contributed by atoms with van der Waals surface area (Å²) in [7, 11) is -2.29. The van der Waals surface area contributed by atoms with Crippen LogP contribution in [0, 0.1) is 6.92 Å². The van der Waals surface area contributed by atoms with Crippen LogP contribution in [0.3, 0.4) is 0 Å². The minimum atomic E-state index is -3.80. The monoisotopic (exact) mass is 368 g/mol. The average molecular weight is 369 g/mol. The summed E-state index contributed by atoms with van der Waals surface area (Å²) in [6.07, 6.45) is 0. The lowest BCUT2D eigenvalue weighted by molar-refractivity contribution is -0.114. The summed E-state index contributed by atoms with van der Waals surface area (Å²) in [5.74, 6) is 0.331. The van der Waals surface area contributed by atoms with Crippen molar-refractivity contribution in [2.75, 3.05) is 17.1 Å². The standard InChI is InChI=1S/C16H17ClN2O4S/c1-10-8-13(23-3)5-7-16(10)24(21,22)19-15-6-4-12(9-14(15)17)18-11(2)20/h4-9,19H,1-3H3,(H,18,20). The van der Waals surface area contributed by atoms with E-state index in [1.54, 1.807) is 25.1 Å². The summed E-state index contributed by atoms with van der Waals surface area (Å²) < 4.78 is 32.6. The number of halogens is 1. The lowest BCUT2D eigenvalue weighted by Gasteiger charge is -2.13. The maximum atomic E-state index is 12.6. The van der Waals surface area contributed by atoms with Crippen molar-refractivity contribution < 1.29 is 17.9 Å². The van der Waals surface area contributed by atoms with Crippen molar-refractivity contribution in [3.05, 3.63) is 47.0 Å². The maximum Gasteiger partial charge on any atom is 0.262 e. The van der Waals surface area contributed by atoms with Gasteiger partial charge in [0.05, 0.1) is 22.7 Å². The number of carbonyl (C=O) groups excluding carboxylic acids is 1. The third-order valence-corrected chi connectivity index (χ3v) is 5.04. The van der Waals surface area contributed by atoms with Crippen LogP contribution in [0.15, 0.2) is 41.3 Å². The minimum absolute atomic E-state index is 0.130. The predicted octanol–water partition coefficient (Wildman–Crippen LogP) is 3.42. The Kier molecular flexibility index (Phi) is 5.36. The Hall–Kier alpha value is -2.25. The third-order valence-electron chi connectivity index (χ3n) is 3.21. The van der Waals surface area contributed by atoms with Gasteiger partial charge in [0.2, 0.25) is 5.91 Å². The van der Waals surface area contributed by atoms with E-state index in [2.05, 4.69) is 10.0 Å². The fraction of sp³-hybridized carbons (Fsp3) is 0.188. The Balaban J connectivity index is 2.31. The zero-order valence-electron chi connectivity index (χ0n) is 13.4. The molecule has 0 bridgehead atoms. The van der Waals surface area contributed by atoms with Gasteiger partial charge in [-0.15, -0.1) is 0 Å². The summed E-state index contributed by atoms with van der Waals surface area (Å²) in [5, 5.41) is 2.75. The Morgan fingerprint density at radius 3 is 2.42 bits per heavy atom. The molecule has 0 unspecified atom stereocenters. The van der Waals surface area contributed by atoms with E-state index in [0.29, 0.717) is 17.0 Å². The highest BCUT2D eigenvalue weighted by molar-refractivity contribution is 7.92. The van der Waals surface area contributed by atoms with Gasteiger partial charge in [-0.2, -0.15) is 0 Å². The average Bonchev–Trinajstić information content (AvgIpc) is 2.49. The van der Waals surface area contributed by atoms with Gasteiger partial charge in [0, 0.05) is 12.6 Å². The molecule has 0 radical (unpaired) electrons. The van der Waals surface area contributed by atoms with E-state index in [0.717, 1.165) is 0 Å². The molecule has 0 aliphatic rings. The Bertz CT molecular complexity index is 882. The van der Waals surface area contributed by atoms with Gasteiger partial charge in [0.25, 0.3) is 10.0 Å². The topological polar surface area (TPSA) is 84.5 Å². The number of hydrogen-bond donors (Lipinski definition) is 2. The molecule has 2 aromatic rings. The fourth-order valence-corrected chi connectivity index (χ4v) is 3.72. The highest BCUT2D eigenvalue weighted by Gasteiger charge is 2.19. The van der Waals surface area contributed by atoms with Crippen molar-refractivity contribution in [3.8, 4) is 5.75 Å². The molecule has 2 N–H and O–H groups in total. The largest absolute Gasteiger partial charge is 0.497 e. The Morgan fingerprint density at radius 1 is 1.17 bits per heavy atom. The summed E-state index contributed by atoms with van der Waals surface area (Å²) in [6.45, 7) is 3.05. The van der Waals surface area contributed by atoms with Crippen LogP contribution in [0.4, 0.5) is 11.4 Å². The van der Waals surface area contributed by atoms with Crippen molar-refractivity contribution in [2.24, 2.45) is 0 Å². The first-order chi connectivity index (χ1) is 11.2. The first-order valence-corrected chi connectivity index (χ1v) is 8.83. The van der Waals surface area contributed by atoms with Crippen LogP contribution >= 0.6 is 11.6 Å². The van der Waals surface area contributed by atoms with E-state index in [-0.39, 0.29) is 21.5 Å². The molecule has 128 valence electrons. The lowest BCUT2D eigenvalue weighted by atomic mass is 10.2. The minimum Gasteiger partial charge on any atom is -0.497 e. The van der Waals surface area contributed by atoms with Crippen LogP contribution in [0.25, 0.3) is 0 Å². The molecule has 0 heterocycles. The molecule has 2 aromatic carbocycles. The summed E-state index contributed by atoms with van der Waals surface area (Å²) in [4.78, 5) is 11.2. The second-order valence-electron chi connectivity index (χ2n) is 5.11. The van der Waals surface area contributed by atoms with Crippen LogP contribution in [-0.4, -0.2) is 21.4 Å². The van der Waals surface area contributed by atoms with Crippen LogP contribution < -0.4 is 14.8 Å². The summed E-state index contributed by atoms with van der Waals surface area (Å²) in [6, 6.07) is 9.20. The number of nitrogens with one attached hydrogen (secondary N) is 2. The molecule has 0 spiro atoms. The smallest absolute Gasteiger partial charge is 0.262 e. The van der Waals surface area contributed by atoms with Gasteiger partial charge in [-0.25, -0.2) is 8.42 Å². The molecule has 8 heteroatoms. The van der Waals surface area contributed by atoms with Crippen LogP contribution in [0.1, 0.15) is 12.5 Å². The molecular formula is C16H17ClN2O4S. The normalized spacial score (nSPS) is 11.0. The van der Waals surface area contributed by atoms with Crippen LogP contribution in [0.5, 0.6) is 5.75 Å². The maximum absolute atomic E-state index is 12.6. The number of sulfonamides is 1. The SMILES string of the molecule is COc1ccc(S(=O)(=O)Nc2ccc(NC(C)=O)cc2Cl)c(C)c1. The number of ether oxygens (including phenoxy) is 1. The number of aryl methyl sites for hydroxylation is 1. The van der Waals surface area contributed by atoms with Crippen molar-refractivity contribution in [1.82, 2.24) is 0 Å². The zero-order chi connectivity index (χ0) is 17.9. The van der Waals surface area contributed by atoms with Gasteiger partial charge >= 0.3 is 0 Å². The van der Waals surface area contributed by atoms with E-state index in [9.17, 15) is 13.2 Å². The molecule has 0 aliphatic carbocycles. The van der Waals surface area contributed by atoms with Crippen LogP contribution in [0.2, 0.25) is 5.02 Å². The lowest BCUT2D eigenvalue weighted by Crippen LogP contribution is -2.15.